The lowest BCUT2D eigenvalue weighted by molar-refractivity contribution is 0.259. The maximum Gasteiger partial charge on any atom is 0.316 e. The second kappa shape index (κ2) is 6.62. The lowest BCUT2D eigenvalue weighted by Gasteiger charge is -2.34. The monoisotopic (exact) mass is 295 g/mol. The summed E-state index contributed by atoms with van der Waals surface area (Å²) in [6, 6.07) is 2.34. The first kappa shape index (κ1) is 15.4. The van der Waals surface area contributed by atoms with Crippen molar-refractivity contribution in [3.05, 3.63) is 17.9 Å². The van der Waals surface area contributed by atoms with Crippen molar-refractivity contribution < 1.29 is 9.18 Å². The first-order valence-corrected chi connectivity index (χ1v) is 7.08. The molecule has 1 aromatic carbocycles. The van der Waals surface area contributed by atoms with Crippen LogP contribution in [0.2, 0.25) is 0 Å². The second-order valence-corrected chi connectivity index (χ2v) is 5.16. The van der Waals surface area contributed by atoms with Gasteiger partial charge in [0.05, 0.1) is 17.1 Å². The van der Waals surface area contributed by atoms with Gasteiger partial charge < -0.3 is 26.2 Å². The third-order valence-electron chi connectivity index (χ3n) is 3.56. The molecule has 2 rings (SSSR count). The molecule has 2 amide bonds. The highest BCUT2D eigenvalue weighted by atomic mass is 19.1. The molecule has 6 nitrogen and oxygen atoms in total. The van der Waals surface area contributed by atoms with E-state index in [1.54, 1.807) is 6.07 Å². The fourth-order valence-electron chi connectivity index (χ4n) is 2.42. The average Bonchev–Trinajstić information content (AvgIpc) is 2.42. The number of rotatable bonds is 4. The Labute approximate surface area is 124 Å². The summed E-state index contributed by atoms with van der Waals surface area (Å²) >= 11 is 0. The van der Waals surface area contributed by atoms with E-state index < -0.39 is 6.03 Å². The number of nitrogens with two attached hydrogens (primary N) is 1. The van der Waals surface area contributed by atoms with Crippen LogP contribution in [-0.2, 0) is 0 Å². The number of nitrogens with zero attached hydrogens (tertiary/aromatic N) is 2. The molecule has 116 valence electrons. The molecule has 1 fully saturated rings. The summed E-state index contributed by atoms with van der Waals surface area (Å²) in [7, 11) is 2.05. The van der Waals surface area contributed by atoms with Crippen molar-refractivity contribution >= 4 is 23.1 Å². The van der Waals surface area contributed by atoms with Crippen LogP contribution < -0.4 is 21.3 Å². The fraction of sp³-hybridized carbons (Fsp3) is 0.500. The van der Waals surface area contributed by atoms with Crippen LogP contribution in [0.3, 0.4) is 0 Å². The van der Waals surface area contributed by atoms with E-state index in [0.717, 1.165) is 26.2 Å². The molecule has 0 atom stereocenters. The van der Waals surface area contributed by atoms with E-state index in [4.69, 9.17) is 5.73 Å². The van der Waals surface area contributed by atoms with Crippen molar-refractivity contribution in [1.29, 1.82) is 0 Å². The highest BCUT2D eigenvalue weighted by Crippen LogP contribution is 2.31. The number of hydrogen-bond donors (Lipinski definition) is 3. The van der Waals surface area contributed by atoms with E-state index in [-0.39, 0.29) is 5.82 Å². The molecule has 1 aliphatic heterocycles. The van der Waals surface area contributed by atoms with Gasteiger partial charge in [0, 0.05) is 38.8 Å². The maximum absolute atomic E-state index is 14.3. The molecule has 4 N–H and O–H groups in total. The first-order valence-electron chi connectivity index (χ1n) is 7.08. The molecule has 1 heterocycles. The number of primary amides is 1. The smallest absolute Gasteiger partial charge is 0.316 e. The van der Waals surface area contributed by atoms with E-state index in [2.05, 4.69) is 22.6 Å². The summed E-state index contributed by atoms with van der Waals surface area (Å²) in [6.45, 7) is 5.96. The minimum Gasteiger partial charge on any atom is -0.384 e. The van der Waals surface area contributed by atoms with Crippen LogP contribution in [0.15, 0.2) is 12.1 Å². The standard InChI is InChI=1S/C14H22FN5O/c1-3-17-11-9-13(20-6-4-19(2)5-7-20)10(15)8-12(11)18-14(16)21/h8-9,17H,3-7H2,1-2H3,(H3,16,18,21). The largest absolute Gasteiger partial charge is 0.384 e. The Morgan fingerprint density at radius 3 is 2.52 bits per heavy atom. The average molecular weight is 295 g/mol. The number of likely N-dealkylation sites (N-methyl/N-ethyl adjacent to an activating group) is 1. The van der Waals surface area contributed by atoms with Gasteiger partial charge in [-0.1, -0.05) is 0 Å². The zero-order chi connectivity index (χ0) is 15.4. The molecule has 0 bridgehead atoms. The molecular weight excluding hydrogens is 273 g/mol. The fourth-order valence-corrected chi connectivity index (χ4v) is 2.42. The molecule has 1 aliphatic rings. The van der Waals surface area contributed by atoms with E-state index in [1.165, 1.54) is 6.07 Å². The van der Waals surface area contributed by atoms with Gasteiger partial charge in [-0.25, -0.2) is 9.18 Å². The van der Waals surface area contributed by atoms with Crippen LogP contribution >= 0.6 is 0 Å². The van der Waals surface area contributed by atoms with Gasteiger partial charge in [-0.15, -0.1) is 0 Å². The van der Waals surface area contributed by atoms with Crippen LogP contribution in [0, 0.1) is 5.82 Å². The number of carbonyl (C=O) groups excluding carboxylic acids is 1. The van der Waals surface area contributed by atoms with Gasteiger partial charge in [-0.2, -0.15) is 0 Å². The van der Waals surface area contributed by atoms with Gasteiger partial charge in [0.1, 0.15) is 5.82 Å². The Bertz CT molecular complexity index is 514. The number of urea groups is 1. The lowest BCUT2D eigenvalue weighted by atomic mass is 10.2. The molecule has 0 saturated carbocycles. The van der Waals surface area contributed by atoms with Crippen molar-refractivity contribution in [3.63, 3.8) is 0 Å². The molecule has 0 spiro atoms. The van der Waals surface area contributed by atoms with Gasteiger partial charge >= 0.3 is 6.03 Å². The van der Waals surface area contributed by atoms with Gasteiger partial charge in [0.15, 0.2) is 0 Å². The molecule has 0 aliphatic carbocycles. The van der Waals surface area contributed by atoms with Crippen LogP contribution in [0.4, 0.5) is 26.2 Å². The zero-order valence-corrected chi connectivity index (χ0v) is 12.4. The van der Waals surface area contributed by atoms with E-state index in [9.17, 15) is 9.18 Å². The lowest BCUT2D eigenvalue weighted by Crippen LogP contribution is -2.44. The summed E-state index contributed by atoms with van der Waals surface area (Å²) in [5.74, 6) is -0.357. The summed E-state index contributed by atoms with van der Waals surface area (Å²) < 4.78 is 14.3. The summed E-state index contributed by atoms with van der Waals surface area (Å²) in [4.78, 5) is 15.2. The SMILES string of the molecule is CCNc1cc(N2CCN(C)CC2)c(F)cc1NC(N)=O. The minimum absolute atomic E-state index is 0.357. The van der Waals surface area contributed by atoms with Crippen molar-refractivity contribution in [3.8, 4) is 0 Å². The maximum atomic E-state index is 14.3. The Kier molecular flexibility index (Phi) is 4.85. The number of amides is 2. The number of anilines is 3. The van der Waals surface area contributed by atoms with Crippen molar-refractivity contribution in [1.82, 2.24) is 4.90 Å². The zero-order valence-electron chi connectivity index (χ0n) is 12.4. The Hall–Kier alpha value is -2.02. The van der Waals surface area contributed by atoms with Gasteiger partial charge in [-0.05, 0) is 20.0 Å². The third-order valence-corrected chi connectivity index (χ3v) is 3.56. The predicted molar refractivity (Wildman–Crippen MR) is 83.5 cm³/mol. The van der Waals surface area contributed by atoms with E-state index >= 15 is 0 Å². The molecular formula is C14H22FN5O. The molecule has 1 saturated heterocycles. The van der Waals surface area contributed by atoms with Crippen molar-refractivity contribution in [2.24, 2.45) is 5.73 Å². The predicted octanol–water partition coefficient (Wildman–Crippen LogP) is 1.50. The van der Waals surface area contributed by atoms with E-state index in [1.807, 2.05) is 11.8 Å². The number of halogens is 1. The van der Waals surface area contributed by atoms with Crippen LogP contribution in [0.1, 0.15) is 6.92 Å². The van der Waals surface area contributed by atoms with Crippen molar-refractivity contribution in [2.45, 2.75) is 6.92 Å². The first-order chi connectivity index (χ1) is 10.0. The highest BCUT2D eigenvalue weighted by Gasteiger charge is 2.19. The number of hydrogen-bond acceptors (Lipinski definition) is 4. The van der Waals surface area contributed by atoms with Crippen LogP contribution in [-0.4, -0.2) is 50.7 Å². The topological polar surface area (TPSA) is 73.6 Å². The minimum atomic E-state index is -0.707. The Morgan fingerprint density at radius 2 is 1.95 bits per heavy atom. The number of benzene rings is 1. The molecule has 1 aromatic rings. The summed E-state index contributed by atoms with van der Waals surface area (Å²) in [6.07, 6.45) is 0. The van der Waals surface area contributed by atoms with Gasteiger partial charge in [0.2, 0.25) is 0 Å². The Balaban J connectivity index is 2.29. The number of carbonyl (C=O) groups is 1. The molecule has 7 heteroatoms. The molecule has 0 unspecified atom stereocenters. The number of piperazine rings is 1. The highest BCUT2D eigenvalue weighted by molar-refractivity contribution is 5.92. The molecule has 0 radical (unpaired) electrons. The molecule has 21 heavy (non-hydrogen) atoms. The van der Waals surface area contributed by atoms with Crippen LogP contribution in [0.5, 0.6) is 0 Å². The van der Waals surface area contributed by atoms with Crippen molar-refractivity contribution in [2.75, 3.05) is 55.3 Å². The summed E-state index contributed by atoms with van der Waals surface area (Å²) in [5, 5.41) is 5.57. The Morgan fingerprint density at radius 1 is 1.29 bits per heavy atom. The number of nitrogens with one attached hydrogen (secondary N) is 2. The van der Waals surface area contributed by atoms with E-state index in [0.29, 0.717) is 23.6 Å². The van der Waals surface area contributed by atoms with Gasteiger partial charge in [-0.3, -0.25) is 0 Å². The third kappa shape index (κ3) is 3.75. The quantitative estimate of drug-likeness (QED) is 0.787. The van der Waals surface area contributed by atoms with Crippen LogP contribution in [0.25, 0.3) is 0 Å². The summed E-state index contributed by atoms with van der Waals surface area (Å²) in [5.41, 5.74) is 6.70. The second-order valence-electron chi connectivity index (χ2n) is 5.16. The molecule has 0 aromatic heterocycles. The normalized spacial score (nSPS) is 15.9. The van der Waals surface area contributed by atoms with Gasteiger partial charge in [0.25, 0.3) is 0 Å².